The SMILES string of the molecule is COC(=O)CCCCCCCCO[C@H]1O[C@H](CO)[C@@H](O)[C@H](O[C@@H]2O[C@H](CO)[C@@H](O)[C@H](O)[C@H]2O[C@@H]2OC[C@@H](O)[C@H](O)[C@H]2O)[C@H]1O. The van der Waals surface area contributed by atoms with E-state index in [1.54, 1.807) is 0 Å². The molecule has 0 radical (unpaired) electrons. The molecule has 0 saturated carbocycles. The molecule has 258 valence electrons. The fourth-order valence-electron chi connectivity index (χ4n) is 5.25. The molecule has 0 aromatic heterocycles. The molecule has 0 aromatic rings. The van der Waals surface area contributed by atoms with Crippen LogP contribution in [0.2, 0.25) is 0 Å². The number of aliphatic hydroxyl groups is 9. The van der Waals surface area contributed by atoms with Crippen molar-refractivity contribution >= 4 is 5.97 Å². The van der Waals surface area contributed by atoms with Gasteiger partial charge >= 0.3 is 5.97 Å². The number of hydrogen-bond acceptors (Lipinski definition) is 17. The maximum absolute atomic E-state index is 11.2. The Morgan fingerprint density at radius 1 is 0.659 bits per heavy atom. The summed E-state index contributed by atoms with van der Waals surface area (Å²) in [6, 6.07) is 0. The summed E-state index contributed by atoms with van der Waals surface area (Å²) in [6.45, 7) is -1.69. The molecule has 3 fully saturated rings. The molecular formula is C27H48O17. The first-order valence-corrected chi connectivity index (χ1v) is 14.9. The van der Waals surface area contributed by atoms with Crippen LogP contribution in [0.4, 0.5) is 0 Å². The van der Waals surface area contributed by atoms with E-state index in [1.807, 2.05) is 0 Å². The van der Waals surface area contributed by atoms with Crippen LogP contribution in [0.5, 0.6) is 0 Å². The standard InChI is InChI=1S/C27H48O17/c1-38-16(31)8-6-4-2-3-5-7-9-39-26-22(37)23(19(34)15(11-29)41-26)43-27-24(20(35)18(33)14(10-28)42-27)44-25-21(36)17(32)13(30)12-40-25/h13-15,17-30,32-37H,2-12H2,1H3/t13-,14-,15-,17+,18-,19-,20+,21-,22-,23+,24-,25+,26+,27+/m1/s1. The van der Waals surface area contributed by atoms with Crippen LogP contribution in [0.15, 0.2) is 0 Å². The van der Waals surface area contributed by atoms with Crippen molar-refractivity contribution in [3.8, 4) is 0 Å². The topological polar surface area (TPSA) is 264 Å². The Hall–Kier alpha value is -1.13. The number of hydrogen-bond donors (Lipinski definition) is 9. The first-order chi connectivity index (χ1) is 21.0. The molecule has 44 heavy (non-hydrogen) atoms. The highest BCUT2D eigenvalue weighted by Crippen LogP contribution is 2.32. The lowest BCUT2D eigenvalue weighted by Gasteiger charge is -2.48. The summed E-state index contributed by atoms with van der Waals surface area (Å²) in [4.78, 5) is 11.2. The van der Waals surface area contributed by atoms with Crippen molar-refractivity contribution in [1.29, 1.82) is 0 Å². The first kappa shape index (κ1) is 37.3. The monoisotopic (exact) mass is 644 g/mol. The van der Waals surface area contributed by atoms with Gasteiger partial charge < -0.3 is 79.1 Å². The Morgan fingerprint density at radius 2 is 1.25 bits per heavy atom. The average molecular weight is 645 g/mol. The lowest BCUT2D eigenvalue weighted by molar-refractivity contribution is -0.383. The molecule has 17 heteroatoms. The minimum atomic E-state index is -1.80. The van der Waals surface area contributed by atoms with Crippen molar-refractivity contribution < 1.29 is 83.9 Å². The summed E-state index contributed by atoms with van der Waals surface area (Å²) in [6.07, 6.45) is -16.9. The molecule has 0 spiro atoms. The summed E-state index contributed by atoms with van der Waals surface area (Å²) in [5.41, 5.74) is 0. The van der Waals surface area contributed by atoms with Gasteiger partial charge in [0.05, 0.1) is 26.9 Å². The number of methoxy groups -OCH3 is 1. The van der Waals surface area contributed by atoms with E-state index in [2.05, 4.69) is 4.74 Å². The van der Waals surface area contributed by atoms with E-state index in [4.69, 9.17) is 28.4 Å². The van der Waals surface area contributed by atoms with E-state index in [9.17, 15) is 50.8 Å². The Bertz CT molecular complexity index is 836. The summed E-state index contributed by atoms with van der Waals surface area (Å²) < 4.78 is 38.1. The second-order valence-corrected chi connectivity index (χ2v) is 11.2. The third-order valence-corrected chi connectivity index (χ3v) is 7.97. The predicted octanol–water partition coefficient (Wildman–Crippen LogP) is -4.01. The number of unbranched alkanes of at least 4 members (excludes halogenated alkanes) is 5. The van der Waals surface area contributed by atoms with Gasteiger partial charge in [-0.05, 0) is 12.8 Å². The fraction of sp³-hybridized carbons (Fsp3) is 0.963. The fourth-order valence-corrected chi connectivity index (χ4v) is 5.25. The Kier molecular flexibility index (Phi) is 15.5. The van der Waals surface area contributed by atoms with Gasteiger partial charge in [0, 0.05) is 13.0 Å². The third kappa shape index (κ3) is 9.69. The predicted molar refractivity (Wildman–Crippen MR) is 143 cm³/mol. The molecule has 0 bridgehead atoms. The number of ether oxygens (including phenoxy) is 7. The highest BCUT2D eigenvalue weighted by molar-refractivity contribution is 5.68. The van der Waals surface area contributed by atoms with Crippen molar-refractivity contribution in [3.05, 3.63) is 0 Å². The van der Waals surface area contributed by atoms with Crippen LogP contribution in [0.3, 0.4) is 0 Å². The molecule has 17 nitrogen and oxygen atoms in total. The smallest absolute Gasteiger partial charge is 0.305 e. The number of carbonyl (C=O) groups excluding carboxylic acids is 1. The lowest BCUT2D eigenvalue weighted by Crippen LogP contribution is -2.66. The van der Waals surface area contributed by atoms with Gasteiger partial charge in [-0.25, -0.2) is 0 Å². The summed E-state index contributed by atoms with van der Waals surface area (Å²) in [5, 5.41) is 92.6. The normalized spacial score (nSPS) is 41.4. The summed E-state index contributed by atoms with van der Waals surface area (Å²) >= 11 is 0. The van der Waals surface area contributed by atoms with Crippen LogP contribution < -0.4 is 0 Å². The Labute approximate surface area is 254 Å². The molecule has 14 atom stereocenters. The van der Waals surface area contributed by atoms with Crippen molar-refractivity contribution in [1.82, 2.24) is 0 Å². The number of esters is 1. The van der Waals surface area contributed by atoms with Gasteiger partial charge in [0.15, 0.2) is 18.9 Å². The van der Waals surface area contributed by atoms with Crippen LogP contribution in [-0.2, 0) is 38.0 Å². The van der Waals surface area contributed by atoms with E-state index in [0.29, 0.717) is 12.8 Å². The van der Waals surface area contributed by atoms with Crippen LogP contribution >= 0.6 is 0 Å². The van der Waals surface area contributed by atoms with Crippen LogP contribution in [-0.4, -0.2) is 171 Å². The minimum Gasteiger partial charge on any atom is -0.469 e. The molecule has 0 aliphatic carbocycles. The molecule has 3 rings (SSSR count). The summed E-state index contributed by atoms with van der Waals surface area (Å²) in [5.74, 6) is -0.240. The molecule has 0 aromatic carbocycles. The quantitative estimate of drug-likeness (QED) is 0.0572. The highest BCUT2D eigenvalue weighted by atomic mass is 16.8. The second kappa shape index (κ2) is 18.3. The largest absolute Gasteiger partial charge is 0.469 e. The van der Waals surface area contributed by atoms with Crippen molar-refractivity contribution in [2.24, 2.45) is 0 Å². The Morgan fingerprint density at radius 3 is 1.91 bits per heavy atom. The van der Waals surface area contributed by atoms with Gasteiger partial charge in [-0.1, -0.05) is 25.7 Å². The maximum atomic E-state index is 11.2. The minimum absolute atomic E-state index is 0.166. The molecule has 3 aliphatic heterocycles. The molecule has 3 aliphatic rings. The number of rotatable bonds is 16. The van der Waals surface area contributed by atoms with Crippen LogP contribution in [0.1, 0.15) is 44.9 Å². The molecule has 9 N–H and O–H groups in total. The van der Waals surface area contributed by atoms with Crippen molar-refractivity contribution in [3.63, 3.8) is 0 Å². The van der Waals surface area contributed by atoms with E-state index in [-0.39, 0.29) is 12.6 Å². The average Bonchev–Trinajstić information content (AvgIpc) is 3.02. The zero-order valence-electron chi connectivity index (χ0n) is 24.7. The van der Waals surface area contributed by atoms with Gasteiger partial charge in [0.25, 0.3) is 0 Å². The molecule has 3 heterocycles. The Balaban J connectivity index is 1.61. The first-order valence-electron chi connectivity index (χ1n) is 14.9. The van der Waals surface area contributed by atoms with E-state index in [0.717, 1.165) is 32.1 Å². The third-order valence-electron chi connectivity index (χ3n) is 7.97. The second-order valence-electron chi connectivity index (χ2n) is 11.2. The van der Waals surface area contributed by atoms with E-state index in [1.165, 1.54) is 7.11 Å². The van der Waals surface area contributed by atoms with Crippen LogP contribution in [0.25, 0.3) is 0 Å². The molecule has 3 saturated heterocycles. The number of aliphatic hydroxyl groups excluding tert-OH is 9. The van der Waals surface area contributed by atoms with Gasteiger partial charge in [0.2, 0.25) is 0 Å². The summed E-state index contributed by atoms with van der Waals surface area (Å²) in [7, 11) is 1.35. The van der Waals surface area contributed by atoms with Gasteiger partial charge in [-0.15, -0.1) is 0 Å². The lowest BCUT2D eigenvalue weighted by atomic mass is 9.96. The van der Waals surface area contributed by atoms with Gasteiger partial charge in [-0.3, -0.25) is 4.79 Å². The van der Waals surface area contributed by atoms with Gasteiger partial charge in [-0.2, -0.15) is 0 Å². The number of carbonyl (C=O) groups is 1. The molecule has 0 amide bonds. The van der Waals surface area contributed by atoms with Crippen molar-refractivity contribution in [2.45, 2.75) is 131 Å². The van der Waals surface area contributed by atoms with E-state index < -0.39 is 106 Å². The zero-order chi connectivity index (χ0) is 32.4. The zero-order valence-corrected chi connectivity index (χ0v) is 24.7. The maximum Gasteiger partial charge on any atom is 0.305 e. The molecule has 0 unspecified atom stereocenters. The van der Waals surface area contributed by atoms with E-state index >= 15 is 0 Å². The van der Waals surface area contributed by atoms with Crippen molar-refractivity contribution in [2.75, 3.05) is 33.5 Å². The van der Waals surface area contributed by atoms with Gasteiger partial charge in [0.1, 0.15) is 67.1 Å². The highest BCUT2D eigenvalue weighted by Gasteiger charge is 2.53. The van der Waals surface area contributed by atoms with Crippen LogP contribution in [0, 0.1) is 0 Å². The molecular weight excluding hydrogens is 596 g/mol.